The zero-order valence-electron chi connectivity index (χ0n) is 10.9. The summed E-state index contributed by atoms with van der Waals surface area (Å²) in [7, 11) is 3.39. The fraction of sp³-hybridized carbons (Fsp3) is 0.417. The van der Waals surface area contributed by atoms with Gasteiger partial charge in [-0.05, 0) is 12.1 Å². The molecule has 0 spiro atoms. The summed E-state index contributed by atoms with van der Waals surface area (Å²) >= 11 is 0. The number of aryl methyl sites for hydroxylation is 1. The molecule has 2 aromatic heterocycles. The number of hydrogen-bond donors (Lipinski definition) is 1. The zero-order valence-corrected chi connectivity index (χ0v) is 10.9. The van der Waals surface area contributed by atoms with Gasteiger partial charge in [0.25, 0.3) is 5.91 Å². The lowest BCUT2D eigenvalue weighted by Crippen LogP contribution is -2.27. The third kappa shape index (κ3) is 3.41. The first-order valence-corrected chi connectivity index (χ1v) is 5.90. The van der Waals surface area contributed by atoms with Crippen molar-refractivity contribution >= 4 is 5.91 Å². The van der Waals surface area contributed by atoms with Crippen molar-refractivity contribution in [3.05, 3.63) is 35.7 Å². The minimum Gasteiger partial charge on any atom is -0.377 e. The van der Waals surface area contributed by atoms with Crippen LogP contribution in [0.4, 0.5) is 0 Å². The van der Waals surface area contributed by atoms with Gasteiger partial charge in [0, 0.05) is 33.3 Å². The Morgan fingerprint density at radius 2 is 2.42 bits per heavy atom. The minimum atomic E-state index is -0.121. The van der Waals surface area contributed by atoms with E-state index in [1.165, 1.54) is 0 Å². The molecule has 0 saturated carbocycles. The Morgan fingerprint density at radius 1 is 1.58 bits per heavy atom. The van der Waals surface area contributed by atoms with E-state index in [0.29, 0.717) is 37.0 Å². The first-order valence-electron chi connectivity index (χ1n) is 5.90. The average molecular weight is 264 g/mol. The SMILES string of the molecule is COCc1noc(CCNC(=O)c2cccn2C)n1. The monoisotopic (exact) mass is 264 g/mol. The second-order valence-corrected chi connectivity index (χ2v) is 4.05. The summed E-state index contributed by atoms with van der Waals surface area (Å²) in [4.78, 5) is 15.9. The van der Waals surface area contributed by atoms with Gasteiger partial charge < -0.3 is 19.1 Å². The van der Waals surface area contributed by atoms with Gasteiger partial charge in [0.1, 0.15) is 12.3 Å². The molecule has 7 heteroatoms. The second-order valence-electron chi connectivity index (χ2n) is 4.05. The lowest BCUT2D eigenvalue weighted by molar-refractivity contribution is 0.0945. The molecule has 0 bridgehead atoms. The van der Waals surface area contributed by atoms with E-state index in [4.69, 9.17) is 9.26 Å². The normalized spacial score (nSPS) is 10.6. The van der Waals surface area contributed by atoms with Crippen molar-refractivity contribution in [2.24, 2.45) is 7.05 Å². The van der Waals surface area contributed by atoms with Gasteiger partial charge in [0.05, 0.1) is 0 Å². The maximum atomic E-state index is 11.8. The van der Waals surface area contributed by atoms with Crippen molar-refractivity contribution in [2.75, 3.05) is 13.7 Å². The summed E-state index contributed by atoms with van der Waals surface area (Å²) in [5, 5.41) is 6.54. The Balaban J connectivity index is 1.80. The van der Waals surface area contributed by atoms with Crippen molar-refractivity contribution in [3.63, 3.8) is 0 Å². The average Bonchev–Trinajstić information content (AvgIpc) is 2.99. The van der Waals surface area contributed by atoms with Crippen LogP contribution in [0.3, 0.4) is 0 Å². The molecule has 0 radical (unpaired) electrons. The van der Waals surface area contributed by atoms with Crippen LogP contribution in [-0.2, 0) is 24.8 Å². The number of hydrogen-bond acceptors (Lipinski definition) is 5. The molecule has 2 rings (SSSR count). The number of carbonyl (C=O) groups is 1. The van der Waals surface area contributed by atoms with E-state index in [-0.39, 0.29) is 5.91 Å². The fourth-order valence-electron chi connectivity index (χ4n) is 1.65. The molecular weight excluding hydrogens is 248 g/mol. The third-order valence-electron chi connectivity index (χ3n) is 2.58. The predicted molar refractivity (Wildman–Crippen MR) is 66.5 cm³/mol. The highest BCUT2D eigenvalue weighted by atomic mass is 16.5. The molecule has 19 heavy (non-hydrogen) atoms. The minimum absolute atomic E-state index is 0.121. The molecule has 0 fully saturated rings. The molecule has 0 aromatic carbocycles. The molecule has 0 saturated heterocycles. The molecular formula is C12H16N4O3. The van der Waals surface area contributed by atoms with Crippen LogP contribution in [0.5, 0.6) is 0 Å². The lowest BCUT2D eigenvalue weighted by atomic mass is 10.3. The third-order valence-corrected chi connectivity index (χ3v) is 2.58. The first kappa shape index (κ1) is 13.3. The smallest absolute Gasteiger partial charge is 0.267 e. The van der Waals surface area contributed by atoms with Gasteiger partial charge in [-0.2, -0.15) is 4.98 Å². The molecule has 2 heterocycles. The van der Waals surface area contributed by atoms with E-state index >= 15 is 0 Å². The van der Waals surface area contributed by atoms with Crippen LogP contribution in [0.2, 0.25) is 0 Å². The van der Waals surface area contributed by atoms with Crippen LogP contribution < -0.4 is 5.32 Å². The summed E-state index contributed by atoms with van der Waals surface area (Å²) in [6.45, 7) is 0.762. The number of amides is 1. The number of nitrogens with one attached hydrogen (secondary N) is 1. The highest BCUT2D eigenvalue weighted by Crippen LogP contribution is 2.01. The quantitative estimate of drug-likeness (QED) is 0.822. The summed E-state index contributed by atoms with van der Waals surface area (Å²) in [5.41, 5.74) is 0.616. The second kappa shape index (κ2) is 6.14. The highest BCUT2D eigenvalue weighted by Gasteiger charge is 2.09. The standard InChI is InChI=1S/C12H16N4O3/c1-16-7-3-4-9(16)12(17)13-6-5-11-14-10(8-18-2)15-19-11/h3-4,7H,5-6,8H2,1-2H3,(H,13,17). The van der Waals surface area contributed by atoms with Gasteiger partial charge >= 0.3 is 0 Å². The Morgan fingerprint density at radius 3 is 3.11 bits per heavy atom. The van der Waals surface area contributed by atoms with Gasteiger partial charge in [-0.25, -0.2) is 0 Å². The molecule has 0 aliphatic rings. The molecule has 102 valence electrons. The fourth-order valence-corrected chi connectivity index (χ4v) is 1.65. The van der Waals surface area contributed by atoms with E-state index in [1.807, 2.05) is 19.3 Å². The van der Waals surface area contributed by atoms with Gasteiger partial charge in [-0.3, -0.25) is 4.79 Å². The Kier molecular flexibility index (Phi) is 4.30. The van der Waals surface area contributed by atoms with Crippen molar-refractivity contribution in [1.29, 1.82) is 0 Å². The van der Waals surface area contributed by atoms with Crippen LogP contribution in [-0.4, -0.2) is 34.3 Å². The molecule has 1 N–H and O–H groups in total. The van der Waals surface area contributed by atoms with Gasteiger partial charge in [-0.1, -0.05) is 5.16 Å². The summed E-state index contributed by atoms with van der Waals surface area (Å²) in [5.74, 6) is 0.870. The number of methoxy groups -OCH3 is 1. The van der Waals surface area contributed by atoms with Crippen LogP contribution >= 0.6 is 0 Å². The van der Waals surface area contributed by atoms with E-state index < -0.39 is 0 Å². The van der Waals surface area contributed by atoms with E-state index in [0.717, 1.165) is 0 Å². The molecule has 2 aromatic rings. The number of rotatable bonds is 6. The van der Waals surface area contributed by atoms with Crippen molar-refractivity contribution in [3.8, 4) is 0 Å². The summed E-state index contributed by atoms with van der Waals surface area (Å²) in [6.07, 6.45) is 2.32. The highest BCUT2D eigenvalue weighted by molar-refractivity contribution is 5.92. The van der Waals surface area contributed by atoms with Crippen LogP contribution in [0.15, 0.2) is 22.9 Å². The topological polar surface area (TPSA) is 82.2 Å². The van der Waals surface area contributed by atoms with E-state index in [9.17, 15) is 4.79 Å². The maximum absolute atomic E-state index is 11.8. The number of nitrogens with zero attached hydrogens (tertiary/aromatic N) is 3. The maximum Gasteiger partial charge on any atom is 0.267 e. The van der Waals surface area contributed by atoms with Crippen molar-refractivity contribution in [2.45, 2.75) is 13.0 Å². The number of carbonyl (C=O) groups excluding carboxylic acids is 1. The number of aromatic nitrogens is 3. The lowest BCUT2D eigenvalue weighted by Gasteiger charge is -2.04. The van der Waals surface area contributed by atoms with Crippen LogP contribution in [0.25, 0.3) is 0 Å². The van der Waals surface area contributed by atoms with Gasteiger partial charge in [-0.15, -0.1) is 0 Å². The van der Waals surface area contributed by atoms with E-state index in [2.05, 4.69) is 15.5 Å². The largest absolute Gasteiger partial charge is 0.377 e. The van der Waals surface area contributed by atoms with Gasteiger partial charge in [0.15, 0.2) is 5.82 Å². The van der Waals surface area contributed by atoms with Crippen molar-refractivity contribution < 1.29 is 14.1 Å². The van der Waals surface area contributed by atoms with Crippen LogP contribution in [0.1, 0.15) is 22.2 Å². The predicted octanol–water partition coefficient (Wildman–Crippen LogP) is 0.527. The van der Waals surface area contributed by atoms with Gasteiger partial charge in [0.2, 0.25) is 5.89 Å². The molecule has 0 atom stereocenters. The molecule has 1 amide bonds. The Hall–Kier alpha value is -2.15. The zero-order chi connectivity index (χ0) is 13.7. The van der Waals surface area contributed by atoms with Crippen LogP contribution in [0, 0.1) is 0 Å². The molecule has 7 nitrogen and oxygen atoms in total. The molecule has 0 aliphatic heterocycles. The Bertz CT molecular complexity index is 547. The Labute approximate surface area is 110 Å². The summed E-state index contributed by atoms with van der Waals surface area (Å²) in [6, 6.07) is 3.59. The van der Waals surface area contributed by atoms with E-state index in [1.54, 1.807) is 17.7 Å². The summed E-state index contributed by atoms with van der Waals surface area (Å²) < 4.78 is 11.7. The number of ether oxygens (including phenoxy) is 1. The first-order chi connectivity index (χ1) is 9.20. The molecule has 0 aliphatic carbocycles. The molecule has 0 unspecified atom stereocenters. The van der Waals surface area contributed by atoms with Crippen molar-refractivity contribution in [1.82, 2.24) is 20.0 Å².